The summed E-state index contributed by atoms with van der Waals surface area (Å²) in [6.07, 6.45) is 1.54. The van der Waals surface area contributed by atoms with Gasteiger partial charge in [-0.3, -0.25) is 4.79 Å². The van der Waals surface area contributed by atoms with E-state index >= 15 is 0 Å². The normalized spacial score (nSPS) is 10.9. The van der Waals surface area contributed by atoms with Gasteiger partial charge in [-0.2, -0.15) is 0 Å². The summed E-state index contributed by atoms with van der Waals surface area (Å²) in [5.74, 6) is -0.775. The van der Waals surface area contributed by atoms with Gasteiger partial charge in [0.05, 0.1) is 32.0 Å². The number of ether oxygens (including phenoxy) is 2. The number of hydrogen-bond donors (Lipinski definition) is 1. The lowest BCUT2D eigenvalue weighted by Gasteiger charge is -2.18. The highest BCUT2D eigenvalue weighted by Gasteiger charge is 2.25. The van der Waals surface area contributed by atoms with Crippen molar-refractivity contribution < 1.29 is 19.4 Å². The van der Waals surface area contributed by atoms with Crippen LogP contribution in [-0.4, -0.2) is 39.8 Å². The minimum atomic E-state index is -0.802. The number of hydrogen-bond acceptors (Lipinski definition) is 7. The van der Waals surface area contributed by atoms with Crippen LogP contribution < -0.4 is 10.3 Å². The summed E-state index contributed by atoms with van der Waals surface area (Å²) >= 11 is 0. The van der Waals surface area contributed by atoms with Crippen molar-refractivity contribution in [2.24, 2.45) is 0 Å². The van der Waals surface area contributed by atoms with Gasteiger partial charge in [-0.1, -0.05) is 60.7 Å². The van der Waals surface area contributed by atoms with E-state index in [1.54, 1.807) is 29.0 Å². The number of fused-ring (bicyclic) bond motifs is 1. The van der Waals surface area contributed by atoms with Crippen molar-refractivity contribution >= 4 is 16.9 Å². The molecule has 0 aliphatic carbocycles. The van der Waals surface area contributed by atoms with Crippen LogP contribution in [0, 0.1) is 0 Å². The van der Waals surface area contributed by atoms with E-state index in [0.717, 1.165) is 5.56 Å². The molecular weight excluding hydrogens is 470 g/mol. The Labute approximate surface area is 212 Å². The molecule has 0 aliphatic heterocycles. The highest BCUT2D eigenvalue weighted by molar-refractivity contribution is 6.04. The lowest BCUT2D eigenvalue weighted by Crippen LogP contribution is -2.24. The van der Waals surface area contributed by atoms with Crippen LogP contribution in [0.15, 0.2) is 89.9 Å². The number of carbonyl (C=O) groups excluding carboxylic acids is 1. The Bertz CT molecular complexity index is 1650. The number of esters is 1. The molecule has 0 saturated carbocycles. The second-order valence-corrected chi connectivity index (χ2v) is 8.30. The van der Waals surface area contributed by atoms with Gasteiger partial charge in [-0.05, 0) is 23.3 Å². The smallest absolute Gasteiger partial charge is 0.360 e. The second-order valence-electron chi connectivity index (χ2n) is 8.30. The number of benzene rings is 2. The highest BCUT2D eigenvalue weighted by Crippen LogP contribution is 2.36. The third-order valence-corrected chi connectivity index (χ3v) is 6.08. The number of aromatic hydroxyl groups is 1. The molecule has 0 unspecified atom stereocenters. The van der Waals surface area contributed by atoms with Crippen LogP contribution in [0.25, 0.3) is 33.3 Å². The molecule has 0 atom stereocenters. The summed E-state index contributed by atoms with van der Waals surface area (Å²) in [4.78, 5) is 35.3. The van der Waals surface area contributed by atoms with E-state index in [0.29, 0.717) is 33.8 Å². The molecule has 5 aromatic rings. The average molecular weight is 494 g/mol. The summed E-state index contributed by atoms with van der Waals surface area (Å²) in [5, 5.41) is 11.5. The standard InChI is InChI=1S/C29H23N3O5/c1-36-23-14-13-20(16-30-23)24-26-22(27(33)25(31-24)29(35)37-2)15-21(19-11-7-4-8-12-19)28(34)32(26)17-18-9-5-3-6-10-18/h3-16,33H,17H2,1-2H3. The fourth-order valence-electron chi connectivity index (χ4n) is 4.27. The number of nitrogens with zero attached hydrogens (tertiary/aromatic N) is 3. The quantitative estimate of drug-likeness (QED) is 0.343. The third-order valence-electron chi connectivity index (χ3n) is 6.08. The maximum Gasteiger partial charge on any atom is 0.360 e. The SMILES string of the molecule is COC(=O)c1nc(-c2ccc(OC)nc2)c2c(cc(-c3ccccc3)c(=O)n2Cc2ccccc2)c1O. The molecule has 8 heteroatoms. The van der Waals surface area contributed by atoms with E-state index in [4.69, 9.17) is 9.47 Å². The Kier molecular flexibility index (Phi) is 6.38. The molecule has 1 N–H and O–H groups in total. The van der Waals surface area contributed by atoms with E-state index in [-0.39, 0.29) is 28.9 Å². The second kappa shape index (κ2) is 9.94. The molecule has 37 heavy (non-hydrogen) atoms. The largest absolute Gasteiger partial charge is 0.505 e. The average Bonchev–Trinajstić information content (AvgIpc) is 2.95. The van der Waals surface area contributed by atoms with Gasteiger partial charge in [0, 0.05) is 28.8 Å². The topological polar surface area (TPSA) is 104 Å². The Morgan fingerprint density at radius 2 is 1.65 bits per heavy atom. The summed E-state index contributed by atoms with van der Waals surface area (Å²) in [5.41, 5.74) is 2.61. The zero-order valence-corrected chi connectivity index (χ0v) is 20.2. The van der Waals surface area contributed by atoms with Crippen LogP contribution in [0.4, 0.5) is 0 Å². The molecule has 0 radical (unpaired) electrons. The minimum absolute atomic E-state index is 0.214. The van der Waals surface area contributed by atoms with Gasteiger partial charge in [0.1, 0.15) is 0 Å². The first-order chi connectivity index (χ1) is 18.0. The van der Waals surface area contributed by atoms with Crippen molar-refractivity contribution in [3.05, 3.63) is 107 Å². The van der Waals surface area contributed by atoms with Gasteiger partial charge < -0.3 is 19.1 Å². The molecule has 0 fully saturated rings. The number of aromatic nitrogens is 3. The number of carbonyl (C=O) groups is 1. The molecule has 3 aromatic heterocycles. The molecule has 0 spiro atoms. The number of methoxy groups -OCH3 is 2. The van der Waals surface area contributed by atoms with Crippen molar-refractivity contribution in [2.45, 2.75) is 6.54 Å². The van der Waals surface area contributed by atoms with Crippen molar-refractivity contribution in [1.82, 2.24) is 14.5 Å². The molecule has 0 bridgehead atoms. The Morgan fingerprint density at radius 3 is 2.27 bits per heavy atom. The van der Waals surface area contributed by atoms with Gasteiger partial charge in [0.25, 0.3) is 5.56 Å². The Hall–Kier alpha value is -4.98. The molecule has 0 aliphatic rings. The summed E-state index contributed by atoms with van der Waals surface area (Å²) in [7, 11) is 2.72. The highest BCUT2D eigenvalue weighted by atomic mass is 16.5. The predicted molar refractivity (Wildman–Crippen MR) is 140 cm³/mol. The first-order valence-corrected chi connectivity index (χ1v) is 11.5. The summed E-state index contributed by atoms with van der Waals surface area (Å²) in [6.45, 7) is 0.214. The number of pyridine rings is 3. The minimum Gasteiger partial charge on any atom is -0.505 e. The van der Waals surface area contributed by atoms with Crippen molar-refractivity contribution in [3.8, 4) is 34.0 Å². The zero-order valence-electron chi connectivity index (χ0n) is 20.2. The molecular formula is C29H23N3O5. The van der Waals surface area contributed by atoms with Gasteiger partial charge in [-0.25, -0.2) is 14.8 Å². The van der Waals surface area contributed by atoms with Crippen LogP contribution in [0.3, 0.4) is 0 Å². The van der Waals surface area contributed by atoms with Gasteiger partial charge in [0.15, 0.2) is 11.4 Å². The van der Waals surface area contributed by atoms with Crippen molar-refractivity contribution in [2.75, 3.05) is 14.2 Å². The fraction of sp³-hybridized carbons (Fsp3) is 0.103. The van der Waals surface area contributed by atoms with Crippen LogP contribution in [0.1, 0.15) is 16.1 Å². The van der Waals surface area contributed by atoms with Gasteiger partial charge >= 0.3 is 5.97 Å². The van der Waals surface area contributed by atoms with Crippen LogP contribution in [0.5, 0.6) is 11.6 Å². The molecule has 8 nitrogen and oxygen atoms in total. The van der Waals surface area contributed by atoms with Crippen molar-refractivity contribution in [3.63, 3.8) is 0 Å². The summed E-state index contributed by atoms with van der Waals surface area (Å²) < 4.78 is 11.6. The van der Waals surface area contributed by atoms with E-state index < -0.39 is 5.97 Å². The maximum atomic E-state index is 14.0. The predicted octanol–water partition coefficient (Wildman–Crippen LogP) is 4.67. The van der Waals surface area contributed by atoms with Crippen LogP contribution in [0.2, 0.25) is 0 Å². The van der Waals surface area contributed by atoms with Crippen LogP contribution in [-0.2, 0) is 11.3 Å². The molecule has 0 amide bonds. The van der Waals surface area contributed by atoms with E-state index in [1.165, 1.54) is 14.2 Å². The third kappa shape index (κ3) is 4.40. The van der Waals surface area contributed by atoms with Crippen molar-refractivity contribution in [1.29, 1.82) is 0 Å². The summed E-state index contributed by atoms with van der Waals surface area (Å²) in [6, 6.07) is 23.7. The fourth-order valence-corrected chi connectivity index (χ4v) is 4.27. The van der Waals surface area contributed by atoms with E-state index in [9.17, 15) is 14.7 Å². The monoisotopic (exact) mass is 493 g/mol. The molecule has 184 valence electrons. The van der Waals surface area contributed by atoms with E-state index in [2.05, 4.69) is 9.97 Å². The maximum absolute atomic E-state index is 14.0. The van der Waals surface area contributed by atoms with Crippen LogP contribution >= 0.6 is 0 Å². The number of rotatable bonds is 6. The Balaban J connectivity index is 1.92. The molecule has 3 heterocycles. The molecule has 0 saturated heterocycles. The van der Waals surface area contributed by atoms with E-state index in [1.807, 2.05) is 60.7 Å². The lowest BCUT2D eigenvalue weighted by molar-refractivity contribution is 0.0591. The lowest BCUT2D eigenvalue weighted by atomic mass is 10.0. The first kappa shape index (κ1) is 23.7. The zero-order chi connectivity index (χ0) is 25.9. The Morgan fingerprint density at radius 1 is 0.946 bits per heavy atom. The molecule has 5 rings (SSSR count). The first-order valence-electron chi connectivity index (χ1n) is 11.5. The molecule has 2 aromatic carbocycles. The van der Waals surface area contributed by atoms with Gasteiger partial charge in [-0.15, -0.1) is 0 Å². The van der Waals surface area contributed by atoms with Gasteiger partial charge in [0.2, 0.25) is 5.88 Å².